The summed E-state index contributed by atoms with van der Waals surface area (Å²) in [5, 5.41) is 3.32. The van der Waals surface area contributed by atoms with Crippen LogP contribution in [0.4, 0.5) is 4.39 Å². The van der Waals surface area contributed by atoms with E-state index in [1.807, 2.05) is 0 Å². The molecule has 80 valence electrons. The fourth-order valence-electron chi connectivity index (χ4n) is 1.10. The van der Waals surface area contributed by atoms with E-state index in [-0.39, 0.29) is 12.4 Å². The molecular weight excluding hydrogens is 195 g/mol. The van der Waals surface area contributed by atoms with Crippen LogP contribution >= 0.6 is 0 Å². The summed E-state index contributed by atoms with van der Waals surface area (Å²) >= 11 is 0. The summed E-state index contributed by atoms with van der Waals surface area (Å²) in [6.07, 6.45) is 3.00. The Morgan fingerprint density at radius 1 is 1.53 bits per heavy atom. The standard InChI is InChI=1S/C11H13FN2O/c1-2-5-15-8-10-4-3-9(7-14-13)6-11(10)12/h2-4,6-7H,1,5,8,13H2. The van der Waals surface area contributed by atoms with Gasteiger partial charge >= 0.3 is 0 Å². The number of benzene rings is 1. The number of halogens is 1. The summed E-state index contributed by atoms with van der Waals surface area (Å²) in [5.74, 6) is 4.64. The first-order chi connectivity index (χ1) is 7.27. The zero-order valence-electron chi connectivity index (χ0n) is 8.32. The molecule has 0 aliphatic carbocycles. The highest BCUT2D eigenvalue weighted by Gasteiger charge is 2.02. The van der Waals surface area contributed by atoms with Crippen LogP contribution in [0.3, 0.4) is 0 Å². The van der Waals surface area contributed by atoms with E-state index in [1.165, 1.54) is 12.3 Å². The number of hydrazone groups is 1. The highest BCUT2D eigenvalue weighted by molar-refractivity contribution is 5.79. The third kappa shape index (κ3) is 3.52. The maximum atomic E-state index is 13.4. The molecule has 0 aliphatic heterocycles. The first-order valence-corrected chi connectivity index (χ1v) is 4.48. The third-order valence-electron chi connectivity index (χ3n) is 1.79. The number of hydrogen-bond donors (Lipinski definition) is 1. The largest absolute Gasteiger partial charge is 0.373 e. The lowest BCUT2D eigenvalue weighted by atomic mass is 10.1. The van der Waals surface area contributed by atoms with Crippen molar-refractivity contribution in [3.05, 3.63) is 47.8 Å². The van der Waals surface area contributed by atoms with Crippen LogP contribution in [-0.2, 0) is 11.3 Å². The lowest BCUT2D eigenvalue weighted by Crippen LogP contribution is -1.97. The van der Waals surface area contributed by atoms with Crippen molar-refractivity contribution in [3.63, 3.8) is 0 Å². The minimum atomic E-state index is -0.323. The second-order valence-corrected chi connectivity index (χ2v) is 2.93. The van der Waals surface area contributed by atoms with E-state index in [2.05, 4.69) is 11.7 Å². The Hall–Kier alpha value is -1.68. The number of rotatable bonds is 5. The van der Waals surface area contributed by atoms with Gasteiger partial charge in [-0.3, -0.25) is 0 Å². The maximum Gasteiger partial charge on any atom is 0.129 e. The van der Waals surface area contributed by atoms with Gasteiger partial charge in [0.15, 0.2) is 0 Å². The van der Waals surface area contributed by atoms with Gasteiger partial charge in [-0.2, -0.15) is 5.10 Å². The molecule has 3 nitrogen and oxygen atoms in total. The molecule has 0 unspecified atom stereocenters. The van der Waals surface area contributed by atoms with Crippen molar-refractivity contribution < 1.29 is 9.13 Å². The van der Waals surface area contributed by atoms with Crippen LogP contribution in [0.2, 0.25) is 0 Å². The normalized spacial score (nSPS) is 10.7. The van der Waals surface area contributed by atoms with Crippen LogP contribution in [0.1, 0.15) is 11.1 Å². The van der Waals surface area contributed by atoms with Gasteiger partial charge < -0.3 is 10.6 Å². The van der Waals surface area contributed by atoms with E-state index < -0.39 is 0 Å². The molecule has 0 heterocycles. The van der Waals surface area contributed by atoms with Crippen LogP contribution in [0.5, 0.6) is 0 Å². The molecule has 2 N–H and O–H groups in total. The molecule has 0 saturated carbocycles. The maximum absolute atomic E-state index is 13.4. The van der Waals surface area contributed by atoms with Crippen LogP contribution in [0.25, 0.3) is 0 Å². The van der Waals surface area contributed by atoms with Crippen LogP contribution in [-0.4, -0.2) is 12.8 Å². The molecule has 0 aromatic heterocycles. The topological polar surface area (TPSA) is 47.6 Å². The Balaban J connectivity index is 2.70. The number of hydrogen-bond acceptors (Lipinski definition) is 3. The molecule has 4 heteroatoms. The van der Waals surface area contributed by atoms with Gasteiger partial charge in [0.25, 0.3) is 0 Å². The van der Waals surface area contributed by atoms with Gasteiger partial charge in [-0.1, -0.05) is 18.2 Å². The summed E-state index contributed by atoms with van der Waals surface area (Å²) in [5.41, 5.74) is 1.13. The Labute approximate surface area is 88.1 Å². The fraction of sp³-hybridized carbons (Fsp3) is 0.182. The molecule has 0 radical (unpaired) electrons. The van der Waals surface area contributed by atoms with Gasteiger partial charge in [-0.25, -0.2) is 4.39 Å². The predicted molar refractivity (Wildman–Crippen MR) is 58.0 cm³/mol. The molecule has 15 heavy (non-hydrogen) atoms. The number of nitrogens with zero attached hydrogens (tertiary/aromatic N) is 1. The van der Waals surface area contributed by atoms with E-state index in [0.717, 1.165) is 0 Å². The smallest absolute Gasteiger partial charge is 0.129 e. The molecule has 1 rings (SSSR count). The zero-order chi connectivity index (χ0) is 11.1. The van der Waals surface area contributed by atoms with Crippen molar-refractivity contribution in [1.29, 1.82) is 0 Å². The average Bonchev–Trinajstić information content (AvgIpc) is 2.22. The van der Waals surface area contributed by atoms with E-state index in [9.17, 15) is 4.39 Å². The lowest BCUT2D eigenvalue weighted by molar-refractivity contribution is 0.146. The monoisotopic (exact) mass is 208 g/mol. The molecule has 0 spiro atoms. The summed E-state index contributed by atoms with van der Waals surface area (Å²) < 4.78 is 18.5. The summed E-state index contributed by atoms with van der Waals surface area (Å²) in [6, 6.07) is 4.74. The first-order valence-electron chi connectivity index (χ1n) is 4.48. The van der Waals surface area contributed by atoms with Crippen molar-refractivity contribution in [2.75, 3.05) is 6.61 Å². The highest BCUT2D eigenvalue weighted by Crippen LogP contribution is 2.10. The van der Waals surface area contributed by atoms with Gasteiger partial charge in [0.1, 0.15) is 5.82 Å². The van der Waals surface area contributed by atoms with E-state index in [0.29, 0.717) is 17.7 Å². The van der Waals surface area contributed by atoms with Crippen molar-refractivity contribution in [2.45, 2.75) is 6.61 Å². The minimum Gasteiger partial charge on any atom is -0.373 e. The van der Waals surface area contributed by atoms with Gasteiger partial charge in [0.05, 0.1) is 19.4 Å². The van der Waals surface area contributed by atoms with Crippen molar-refractivity contribution in [2.24, 2.45) is 10.9 Å². The first kappa shape index (κ1) is 11.4. The molecule has 1 aromatic carbocycles. The number of ether oxygens (including phenoxy) is 1. The Kier molecular flexibility index (Phi) is 4.50. The van der Waals surface area contributed by atoms with Crippen molar-refractivity contribution in [3.8, 4) is 0 Å². The van der Waals surface area contributed by atoms with Gasteiger partial charge in [0.2, 0.25) is 0 Å². The second-order valence-electron chi connectivity index (χ2n) is 2.93. The van der Waals surface area contributed by atoms with Gasteiger partial charge in [-0.15, -0.1) is 6.58 Å². The Morgan fingerprint density at radius 3 is 2.93 bits per heavy atom. The molecular formula is C11H13FN2O. The lowest BCUT2D eigenvalue weighted by Gasteiger charge is -2.03. The summed E-state index contributed by atoms with van der Waals surface area (Å²) in [6.45, 7) is 4.14. The average molecular weight is 208 g/mol. The van der Waals surface area contributed by atoms with E-state index >= 15 is 0 Å². The van der Waals surface area contributed by atoms with Crippen LogP contribution in [0.15, 0.2) is 36.0 Å². The highest BCUT2D eigenvalue weighted by atomic mass is 19.1. The molecule has 0 atom stereocenters. The predicted octanol–water partition coefficient (Wildman–Crippen LogP) is 1.82. The van der Waals surface area contributed by atoms with Gasteiger partial charge in [-0.05, 0) is 11.6 Å². The Morgan fingerprint density at radius 2 is 2.33 bits per heavy atom. The SMILES string of the molecule is C=CCOCc1ccc(C=NN)cc1F. The van der Waals surface area contributed by atoms with E-state index in [4.69, 9.17) is 10.6 Å². The molecule has 0 amide bonds. The molecule has 0 fully saturated rings. The molecule has 0 aliphatic rings. The summed E-state index contributed by atoms with van der Waals surface area (Å²) in [4.78, 5) is 0. The second kappa shape index (κ2) is 5.93. The number of nitrogens with two attached hydrogens (primary N) is 1. The van der Waals surface area contributed by atoms with Crippen LogP contribution in [0, 0.1) is 5.82 Å². The zero-order valence-corrected chi connectivity index (χ0v) is 8.32. The molecule has 0 bridgehead atoms. The molecule has 0 saturated heterocycles. The Bertz CT molecular complexity index is 364. The fourth-order valence-corrected chi connectivity index (χ4v) is 1.10. The van der Waals surface area contributed by atoms with Crippen molar-refractivity contribution in [1.82, 2.24) is 0 Å². The van der Waals surface area contributed by atoms with Gasteiger partial charge in [0, 0.05) is 5.56 Å². The van der Waals surface area contributed by atoms with Crippen molar-refractivity contribution >= 4 is 6.21 Å². The summed E-state index contributed by atoms with van der Waals surface area (Å²) in [7, 11) is 0. The quantitative estimate of drug-likeness (QED) is 0.264. The minimum absolute atomic E-state index is 0.234. The molecule has 1 aromatic rings. The van der Waals surface area contributed by atoms with E-state index in [1.54, 1.807) is 18.2 Å². The van der Waals surface area contributed by atoms with Crippen LogP contribution < -0.4 is 5.84 Å². The third-order valence-corrected chi connectivity index (χ3v) is 1.79.